The summed E-state index contributed by atoms with van der Waals surface area (Å²) >= 11 is 0. The Hall–Kier alpha value is -2.95. The molecule has 4 rings (SSSR count). The summed E-state index contributed by atoms with van der Waals surface area (Å²) < 4.78 is 1.72. The van der Waals surface area contributed by atoms with Crippen LogP contribution >= 0.6 is 0 Å². The molecule has 0 bridgehead atoms. The first kappa shape index (κ1) is 13.7. The largest absolute Gasteiger partial charge is 0.311 e. The number of hydrogen-bond acceptors (Lipinski definition) is 3. The van der Waals surface area contributed by atoms with Crippen LogP contribution in [0, 0.1) is 0 Å². The minimum atomic E-state index is 0.0782. The molecule has 23 heavy (non-hydrogen) atoms. The molecule has 0 saturated heterocycles. The fourth-order valence-corrected chi connectivity index (χ4v) is 3.01. The van der Waals surface area contributed by atoms with Gasteiger partial charge >= 0.3 is 0 Å². The molecule has 0 aliphatic carbocycles. The first-order valence-electron chi connectivity index (χ1n) is 7.66. The maximum absolute atomic E-state index is 12.7. The van der Waals surface area contributed by atoms with Crippen molar-refractivity contribution in [3.05, 3.63) is 72.1 Å². The minimum Gasteiger partial charge on any atom is -0.311 e. The molecule has 1 aliphatic rings. The van der Waals surface area contributed by atoms with Crippen LogP contribution in [0.25, 0.3) is 5.69 Å². The van der Waals surface area contributed by atoms with Crippen molar-refractivity contribution in [2.45, 2.75) is 12.8 Å². The molecule has 1 aliphatic heterocycles. The third-order valence-corrected chi connectivity index (χ3v) is 4.14. The number of rotatable bonds is 3. The Morgan fingerprint density at radius 1 is 1.04 bits per heavy atom. The van der Waals surface area contributed by atoms with Crippen LogP contribution in [-0.4, -0.2) is 27.4 Å². The Labute approximate surface area is 134 Å². The second-order valence-corrected chi connectivity index (χ2v) is 5.57. The van der Waals surface area contributed by atoms with Crippen molar-refractivity contribution in [3.8, 4) is 5.69 Å². The van der Waals surface area contributed by atoms with E-state index in [1.165, 1.54) is 5.56 Å². The highest BCUT2D eigenvalue weighted by Gasteiger charge is 2.25. The average molecular weight is 304 g/mol. The number of hydrogen-bond donors (Lipinski definition) is 0. The van der Waals surface area contributed by atoms with Crippen molar-refractivity contribution in [1.29, 1.82) is 0 Å². The standard InChI is InChI=1S/C18H16N4O/c23-18(21-11-10-14-6-4-5-9-17(14)21)12-16-13-19-20-22(16)15-7-2-1-3-8-15/h1-9,13H,10-12H2. The van der Waals surface area contributed by atoms with Gasteiger partial charge in [-0.25, -0.2) is 4.68 Å². The Morgan fingerprint density at radius 3 is 2.70 bits per heavy atom. The number of nitrogens with zero attached hydrogens (tertiary/aromatic N) is 4. The van der Waals surface area contributed by atoms with Crippen molar-refractivity contribution in [3.63, 3.8) is 0 Å². The third kappa shape index (κ3) is 2.50. The van der Waals surface area contributed by atoms with Crippen molar-refractivity contribution in [2.75, 3.05) is 11.4 Å². The van der Waals surface area contributed by atoms with Crippen LogP contribution in [0.4, 0.5) is 5.69 Å². The summed E-state index contributed by atoms with van der Waals surface area (Å²) in [6.07, 6.45) is 2.86. The lowest BCUT2D eigenvalue weighted by Crippen LogP contribution is -2.31. The molecule has 2 heterocycles. The van der Waals surface area contributed by atoms with Gasteiger partial charge in [0, 0.05) is 12.2 Å². The molecule has 1 aromatic heterocycles. The molecule has 0 N–H and O–H groups in total. The number of benzene rings is 2. The van der Waals surface area contributed by atoms with Crippen molar-refractivity contribution in [1.82, 2.24) is 15.0 Å². The lowest BCUT2D eigenvalue weighted by atomic mass is 10.2. The van der Waals surface area contributed by atoms with Crippen molar-refractivity contribution in [2.24, 2.45) is 0 Å². The molecule has 5 heteroatoms. The topological polar surface area (TPSA) is 51.0 Å². The van der Waals surface area contributed by atoms with E-state index in [1.807, 2.05) is 53.4 Å². The summed E-state index contributed by atoms with van der Waals surface area (Å²) in [4.78, 5) is 14.6. The van der Waals surface area contributed by atoms with E-state index >= 15 is 0 Å². The van der Waals surface area contributed by atoms with Crippen molar-refractivity contribution < 1.29 is 4.79 Å². The Balaban J connectivity index is 1.58. The van der Waals surface area contributed by atoms with Crippen LogP contribution in [0.15, 0.2) is 60.8 Å². The normalized spacial score (nSPS) is 13.1. The maximum atomic E-state index is 12.7. The quantitative estimate of drug-likeness (QED) is 0.746. The van der Waals surface area contributed by atoms with Gasteiger partial charge in [-0.3, -0.25) is 4.79 Å². The summed E-state index contributed by atoms with van der Waals surface area (Å²) in [5.41, 5.74) is 3.96. The van der Waals surface area contributed by atoms with E-state index < -0.39 is 0 Å². The molecular weight excluding hydrogens is 288 g/mol. The van der Waals surface area contributed by atoms with Gasteiger partial charge < -0.3 is 4.90 Å². The summed E-state index contributed by atoms with van der Waals surface area (Å²) in [6, 6.07) is 17.8. The summed E-state index contributed by atoms with van der Waals surface area (Å²) in [5.74, 6) is 0.0782. The molecule has 3 aromatic rings. The minimum absolute atomic E-state index is 0.0782. The first-order valence-corrected chi connectivity index (χ1v) is 7.66. The van der Waals surface area contributed by atoms with Gasteiger partial charge in [0.25, 0.3) is 0 Å². The monoisotopic (exact) mass is 304 g/mol. The SMILES string of the molecule is O=C(Cc1cnnn1-c1ccccc1)N1CCc2ccccc21. The van der Waals surface area contributed by atoms with E-state index in [1.54, 1.807) is 10.9 Å². The summed E-state index contributed by atoms with van der Waals surface area (Å²) in [5, 5.41) is 8.07. The molecule has 2 aromatic carbocycles. The molecule has 0 spiro atoms. The smallest absolute Gasteiger partial charge is 0.233 e. The second kappa shape index (κ2) is 5.68. The van der Waals surface area contributed by atoms with E-state index in [-0.39, 0.29) is 12.3 Å². The van der Waals surface area contributed by atoms with Crippen LogP contribution < -0.4 is 4.90 Å². The van der Waals surface area contributed by atoms with Crippen LogP contribution in [0.3, 0.4) is 0 Å². The maximum Gasteiger partial charge on any atom is 0.233 e. The Morgan fingerprint density at radius 2 is 1.83 bits per heavy atom. The third-order valence-electron chi connectivity index (χ3n) is 4.14. The lowest BCUT2D eigenvalue weighted by Gasteiger charge is -2.17. The number of para-hydroxylation sites is 2. The molecule has 114 valence electrons. The second-order valence-electron chi connectivity index (χ2n) is 5.57. The number of carbonyl (C=O) groups is 1. The fourth-order valence-electron chi connectivity index (χ4n) is 3.01. The molecule has 0 radical (unpaired) electrons. The molecule has 1 amide bonds. The highest BCUT2D eigenvalue weighted by Crippen LogP contribution is 2.28. The highest BCUT2D eigenvalue weighted by atomic mass is 16.2. The van der Waals surface area contributed by atoms with Gasteiger partial charge in [-0.15, -0.1) is 5.10 Å². The van der Waals surface area contributed by atoms with Gasteiger partial charge in [0.05, 0.1) is 24.0 Å². The molecule has 0 saturated carbocycles. The number of anilines is 1. The average Bonchev–Trinajstić information content (AvgIpc) is 3.22. The summed E-state index contributed by atoms with van der Waals surface area (Å²) in [6.45, 7) is 0.741. The van der Waals surface area contributed by atoms with E-state index in [4.69, 9.17) is 0 Å². The van der Waals surface area contributed by atoms with Gasteiger partial charge in [-0.2, -0.15) is 0 Å². The lowest BCUT2D eigenvalue weighted by molar-refractivity contribution is -0.117. The number of aromatic nitrogens is 3. The number of fused-ring (bicyclic) bond motifs is 1. The Bertz CT molecular complexity index is 841. The zero-order valence-corrected chi connectivity index (χ0v) is 12.6. The Kier molecular flexibility index (Phi) is 3.38. The van der Waals surface area contributed by atoms with Gasteiger partial charge in [-0.1, -0.05) is 41.6 Å². The predicted octanol–water partition coefficient (Wildman–Crippen LogP) is 2.40. The van der Waals surface area contributed by atoms with E-state index in [2.05, 4.69) is 16.4 Å². The first-order chi connectivity index (χ1) is 11.3. The van der Waals surface area contributed by atoms with Crippen LogP contribution in [0.2, 0.25) is 0 Å². The number of amides is 1. The van der Waals surface area contributed by atoms with Crippen LogP contribution in [0.1, 0.15) is 11.3 Å². The molecule has 0 atom stereocenters. The molecule has 5 nitrogen and oxygen atoms in total. The van der Waals surface area contributed by atoms with E-state index in [0.717, 1.165) is 30.0 Å². The van der Waals surface area contributed by atoms with Crippen molar-refractivity contribution >= 4 is 11.6 Å². The zero-order valence-electron chi connectivity index (χ0n) is 12.6. The van der Waals surface area contributed by atoms with E-state index in [0.29, 0.717) is 0 Å². The molecule has 0 fully saturated rings. The van der Waals surface area contributed by atoms with Gasteiger partial charge in [0.1, 0.15) is 0 Å². The number of carbonyl (C=O) groups excluding carboxylic acids is 1. The molecular formula is C18H16N4O. The summed E-state index contributed by atoms with van der Waals surface area (Å²) in [7, 11) is 0. The highest BCUT2D eigenvalue weighted by molar-refractivity contribution is 5.96. The van der Waals surface area contributed by atoms with E-state index in [9.17, 15) is 4.79 Å². The van der Waals surface area contributed by atoms with Crippen LogP contribution in [-0.2, 0) is 17.6 Å². The predicted molar refractivity (Wildman–Crippen MR) is 87.6 cm³/mol. The molecule has 0 unspecified atom stereocenters. The zero-order chi connectivity index (χ0) is 15.6. The van der Waals surface area contributed by atoms with Gasteiger partial charge in [0.2, 0.25) is 5.91 Å². The van der Waals surface area contributed by atoms with Gasteiger partial charge in [0.15, 0.2) is 0 Å². The fraction of sp³-hybridized carbons (Fsp3) is 0.167. The van der Waals surface area contributed by atoms with Crippen LogP contribution in [0.5, 0.6) is 0 Å². The van der Waals surface area contributed by atoms with Gasteiger partial charge in [-0.05, 0) is 30.2 Å².